The van der Waals surface area contributed by atoms with E-state index in [1.807, 2.05) is 21.1 Å². The van der Waals surface area contributed by atoms with E-state index < -0.39 is 6.10 Å². The van der Waals surface area contributed by atoms with E-state index in [1.54, 1.807) is 6.92 Å². The molecule has 1 unspecified atom stereocenters. The first-order valence-electron chi connectivity index (χ1n) is 12.4. The van der Waals surface area contributed by atoms with E-state index in [4.69, 9.17) is 9.47 Å². The second-order valence-corrected chi connectivity index (χ2v) is 9.61. The van der Waals surface area contributed by atoms with Crippen LogP contribution in [0.15, 0.2) is 0 Å². The fourth-order valence-corrected chi connectivity index (χ4v) is 3.57. The van der Waals surface area contributed by atoms with Gasteiger partial charge in [0.05, 0.1) is 34.2 Å². The lowest BCUT2D eigenvalue weighted by atomic mass is 10.0. The Hall–Kier alpha value is -1.10. The van der Waals surface area contributed by atoms with E-state index in [-0.39, 0.29) is 18.4 Å². The van der Waals surface area contributed by atoms with Gasteiger partial charge in [0, 0.05) is 6.42 Å². The molecule has 0 spiro atoms. The van der Waals surface area contributed by atoms with Gasteiger partial charge in [-0.05, 0) is 6.42 Å². The molecule has 0 aromatic heterocycles. The summed E-state index contributed by atoms with van der Waals surface area (Å²) in [5.74, 6) is -0.533. The molecule has 0 N–H and O–H groups in total. The van der Waals surface area contributed by atoms with Crippen LogP contribution < -0.4 is 0 Å². The van der Waals surface area contributed by atoms with Gasteiger partial charge in [-0.2, -0.15) is 0 Å². The monoisotopic (exact) mass is 428 g/mol. The number of likely N-dealkylation sites (N-methyl/N-ethyl adjacent to an activating group) is 1. The van der Waals surface area contributed by atoms with E-state index in [1.165, 1.54) is 70.6 Å². The third-order valence-corrected chi connectivity index (χ3v) is 5.24. The summed E-state index contributed by atoms with van der Waals surface area (Å²) >= 11 is 0. The minimum atomic E-state index is -0.420. The summed E-state index contributed by atoms with van der Waals surface area (Å²) in [6, 6.07) is 0. The average Bonchev–Trinajstić information content (AvgIpc) is 2.66. The van der Waals surface area contributed by atoms with Crippen molar-refractivity contribution in [2.75, 3.05) is 34.3 Å². The summed E-state index contributed by atoms with van der Waals surface area (Å²) in [6.07, 6.45) is 16.9. The molecule has 0 aromatic carbocycles. The first-order valence-corrected chi connectivity index (χ1v) is 12.4. The summed E-state index contributed by atoms with van der Waals surface area (Å²) in [5.41, 5.74) is 0. The normalized spacial score (nSPS) is 12.6. The zero-order valence-electron chi connectivity index (χ0n) is 20.7. The maximum absolute atomic E-state index is 12.1. The Balaban J connectivity index is 3.67. The molecule has 0 saturated carbocycles. The van der Waals surface area contributed by atoms with Crippen molar-refractivity contribution in [1.82, 2.24) is 0 Å². The van der Waals surface area contributed by atoms with Gasteiger partial charge in [0.25, 0.3) is 0 Å². The smallest absolute Gasteiger partial charge is 0.309 e. The number of quaternary nitrogens is 1. The summed E-state index contributed by atoms with van der Waals surface area (Å²) in [7, 11) is 6.06. The lowest BCUT2D eigenvalue weighted by molar-refractivity contribution is -0.873. The molecule has 5 nitrogen and oxygen atoms in total. The van der Waals surface area contributed by atoms with Crippen molar-refractivity contribution < 1.29 is 23.5 Å². The first kappa shape index (κ1) is 28.9. The van der Waals surface area contributed by atoms with Gasteiger partial charge in [0.15, 0.2) is 6.10 Å². The van der Waals surface area contributed by atoms with Crippen LogP contribution in [0.5, 0.6) is 0 Å². The molecule has 0 rings (SSSR count). The Morgan fingerprint density at radius 2 is 1.17 bits per heavy atom. The van der Waals surface area contributed by atoms with E-state index in [0.717, 1.165) is 12.8 Å². The number of ether oxygens (including phenoxy) is 2. The largest absolute Gasteiger partial charge is 0.466 e. The Labute approximate surface area is 186 Å². The van der Waals surface area contributed by atoms with Crippen LogP contribution in [-0.2, 0) is 19.1 Å². The number of esters is 2. The maximum Gasteiger partial charge on any atom is 0.309 e. The summed E-state index contributed by atoms with van der Waals surface area (Å²) in [4.78, 5) is 23.7. The van der Waals surface area contributed by atoms with Crippen LogP contribution in [0.2, 0.25) is 0 Å². The molecule has 0 amide bonds. The van der Waals surface area contributed by atoms with Crippen LogP contribution in [0.3, 0.4) is 0 Å². The van der Waals surface area contributed by atoms with Crippen molar-refractivity contribution in [3.05, 3.63) is 0 Å². The maximum atomic E-state index is 12.1. The quantitative estimate of drug-likeness (QED) is 0.135. The minimum absolute atomic E-state index is 0.139. The van der Waals surface area contributed by atoms with Gasteiger partial charge >= 0.3 is 11.9 Å². The molecule has 0 saturated heterocycles. The van der Waals surface area contributed by atoms with Crippen molar-refractivity contribution in [1.29, 1.82) is 0 Å². The molecule has 0 aliphatic carbocycles. The molecule has 1 atom stereocenters. The van der Waals surface area contributed by atoms with Gasteiger partial charge in [0.2, 0.25) is 0 Å². The predicted octanol–water partition coefficient (Wildman–Crippen LogP) is 6.04. The zero-order valence-corrected chi connectivity index (χ0v) is 20.7. The van der Waals surface area contributed by atoms with Crippen LogP contribution in [0, 0.1) is 0 Å². The van der Waals surface area contributed by atoms with Crippen molar-refractivity contribution in [3.63, 3.8) is 0 Å². The van der Waals surface area contributed by atoms with Crippen LogP contribution in [-0.4, -0.2) is 56.8 Å². The fraction of sp³-hybridized carbons (Fsp3) is 0.920. The highest BCUT2D eigenvalue weighted by molar-refractivity contribution is 5.72. The number of hydrogen-bond acceptors (Lipinski definition) is 4. The van der Waals surface area contributed by atoms with Gasteiger partial charge in [-0.3, -0.25) is 9.59 Å². The fourth-order valence-electron chi connectivity index (χ4n) is 3.57. The second kappa shape index (κ2) is 18.7. The van der Waals surface area contributed by atoms with Crippen molar-refractivity contribution in [2.24, 2.45) is 0 Å². The highest BCUT2D eigenvalue weighted by atomic mass is 16.6. The highest BCUT2D eigenvalue weighted by Gasteiger charge is 2.25. The number of rotatable bonds is 20. The topological polar surface area (TPSA) is 52.6 Å². The van der Waals surface area contributed by atoms with Crippen molar-refractivity contribution in [2.45, 2.75) is 116 Å². The molecule has 5 heteroatoms. The van der Waals surface area contributed by atoms with E-state index in [9.17, 15) is 9.59 Å². The number of unbranched alkanes of at least 4 members (excludes halogenated alkanes) is 12. The highest BCUT2D eigenvalue weighted by Crippen LogP contribution is 2.13. The van der Waals surface area contributed by atoms with E-state index >= 15 is 0 Å². The van der Waals surface area contributed by atoms with Crippen LogP contribution >= 0.6 is 0 Å². The molecule has 0 bridgehead atoms. The van der Waals surface area contributed by atoms with Gasteiger partial charge < -0.3 is 14.0 Å². The second-order valence-electron chi connectivity index (χ2n) is 9.61. The van der Waals surface area contributed by atoms with Crippen LogP contribution in [0.25, 0.3) is 0 Å². The van der Waals surface area contributed by atoms with Gasteiger partial charge in [-0.1, -0.05) is 90.9 Å². The Morgan fingerprint density at radius 1 is 0.700 bits per heavy atom. The number of nitrogens with zero attached hydrogens (tertiary/aromatic N) is 1. The SMILES string of the molecule is CCCCCCCCCCCCCCCOC(=O)CC(C[N+](C)(C)C)OC(=O)CC. The average molecular weight is 429 g/mol. The molecule has 178 valence electrons. The third-order valence-electron chi connectivity index (χ3n) is 5.24. The standard InChI is InChI=1S/C25H50NO4/c1-6-8-9-10-11-12-13-14-15-16-17-18-19-20-29-25(28)21-23(22-26(3,4)5)30-24(27)7-2/h23H,6-22H2,1-5H3/q+1. The third kappa shape index (κ3) is 20.2. The van der Waals surface area contributed by atoms with Crippen molar-refractivity contribution >= 4 is 11.9 Å². The predicted molar refractivity (Wildman–Crippen MR) is 124 cm³/mol. The number of carbonyl (C=O) groups excluding carboxylic acids is 2. The molecule has 0 aliphatic heterocycles. The van der Waals surface area contributed by atoms with E-state index in [0.29, 0.717) is 24.1 Å². The molecule has 0 aromatic rings. The van der Waals surface area contributed by atoms with Gasteiger partial charge in [-0.15, -0.1) is 0 Å². The zero-order chi connectivity index (χ0) is 22.7. The van der Waals surface area contributed by atoms with Crippen LogP contribution in [0.4, 0.5) is 0 Å². The lowest BCUT2D eigenvalue weighted by Crippen LogP contribution is -2.44. The van der Waals surface area contributed by atoms with Crippen molar-refractivity contribution in [3.8, 4) is 0 Å². The lowest BCUT2D eigenvalue weighted by Gasteiger charge is -2.28. The summed E-state index contributed by atoms with van der Waals surface area (Å²) in [6.45, 7) is 5.09. The van der Waals surface area contributed by atoms with E-state index in [2.05, 4.69) is 6.92 Å². The summed E-state index contributed by atoms with van der Waals surface area (Å²) < 4.78 is 11.4. The molecule has 0 fully saturated rings. The Kier molecular flexibility index (Phi) is 18.0. The Bertz CT molecular complexity index is 431. The first-order chi connectivity index (χ1) is 14.3. The molecular weight excluding hydrogens is 378 g/mol. The van der Waals surface area contributed by atoms with Crippen LogP contribution in [0.1, 0.15) is 110 Å². The molecule has 0 heterocycles. The molecular formula is C25H50NO4+. The minimum Gasteiger partial charge on any atom is -0.466 e. The molecule has 30 heavy (non-hydrogen) atoms. The number of carbonyl (C=O) groups is 2. The van der Waals surface area contributed by atoms with Gasteiger partial charge in [0.1, 0.15) is 6.54 Å². The Morgan fingerprint density at radius 3 is 1.60 bits per heavy atom. The molecule has 0 aliphatic rings. The number of hydrogen-bond donors (Lipinski definition) is 0. The summed E-state index contributed by atoms with van der Waals surface area (Å²) in [5, 5.41) is 0. The molecule has 0 radical (unpaired) electrons. The van der Waals surface area contributed by atoms with Gasteiger partial charge in [-0.25, -0.2) is 0 Å².